The van der Waals surface area contributed by atoms with Crippen molar-refractivity contribution in [2.45, 2.75) is 25.7 Å². The second kappa shape index (κ2) is 3.85. The molecule has 2 aliphatic carbocycles. The maximum absolute atomic E-state index is 9.67. The molecule has 2 unspecified atom stereocenters. The van der Waals surface area contributed by atoms with Crippen LogP contribution in [-0.4, -0.2) is 11.7 Å². The number of aliphatic hydroxyl groups excluding tert-OH is 1. The fourth-order valence-electron chi connectivity index (χ4n) is 3.42. The minimum absolute atomic E-state index is 0.189. The topological polar surface area (TPSA) is 20.2 Å². The Morgan fingerprint density at radius 2 is 2.06 bits per heavy atom. The van der Waals surface area contributed by atoms with Crippen molar-refractivity contribution >= 4 is 15.9 Å². The van der Waals surface area contributed by atoms with Gasteiger partial charge in [-0.05, 0) is 60.6 Å². The first-order valence-corrected chi connectivity index (χ1v) is 6.85. The lowest BCUT2D eigenvalue weighted by atomic mass is 9.78. The average molecular weight is 281 g/mol. The van der Waals surface area contributed by atoms with E-state index in [1.165, 1.54) is 24.8 Å². The highest BCUT2D eigenvalue weighted by Crippen LogP contribution is 2.60. The van der Waals surface area contributed by atoms with Gasteiger partial charge in [0.2, 0.25) is 0 Å². The van der Waals surface area contributed by atoms with Crippen molar-refractivity contribution in [1.29, 1.82) is 0 Å². The summed E-state index contributed by atoms with van der Waals surface area (Å²) in [5.41, 5.74) is 1.54. The molecule has 1 aromatic carbocycles. The molecular weight excluding hydrogens is 264 g/mol. The number of benzene rings is 1. The van der Waals surface area contributed by atoms with Crippen LogP contribution in [0.1, 0.15) is 24.8 Å². The van der Waals surface area contributed by atoms with Crippen molar-refractivity contribution in [2.24, 2.45) is 17.3 Å². The molecule has 0 bridgehead atoms. The van der Waals surface area contributed by atoms with Crippen molar-refractivity contribution in [3.63, 3.8) is 0 Å². The summed E-state index contributed by atoms with van der Waals surface area (Å²) in [6.45, 7) is 0.354. The van der Waals surface area contributed by atoms with Gasteiger partial charge >= 0.3 is 0 Å². The van der Waals surface area contributed by atoms with Gasteiger partial charge in [-0.2, -0.15) is 0 Å². The van der Waals surface area contributed by atoms with Gasteiger partial charge in [0.1, 0.15) is 0 Å². The predicted molar refractivity (Wildman–Crippen MR) is 68.2 cm³/mol. The highest BCUT2D eigenvalue weighted by molar-refractivity contribution is 9.10. The molecule has 1 nitrogen and oxygen atoms in total. The van der Waals surface area contributed by atoms with Crippen LogP contribution in [0.15, 0.2) is 28.7 Å². The molecule has 0 aromatic heterocycles. The molecule has 2 saturated carbocycles. The van der Waals surface area contributed by atoms with Gasteiger partial charge in [-0.15, -0.1) is 0 Å². The molecule has 2 heteroatoms. The zero-order valence-electron chi connectivity index (χ0n) is 9.32. The van der Waals surface area contributed by atoms with E-state index in [9.17, 15) is 5.11 Å². The Morgan fingerprint density at radius 1 is 1.31 bits per heavy atom. The number of rotatable bonds is 3. The maximum Gasteiger partial charge on any atom is 0.0490 e. The molecule has 86 valence electrons. The third-order valence-electron chi connectivity index (χ3n) is 4.26. The van der Waals surface area contributed by atoms with Crippen molar-refractivity contribution < 1.29 is 5.11 Å². The van der Waals surface area contributed by atoms with Gasteiger partial charge in [0, 0.05) is 11.1 Å². The van der Waals surface area contributed by atoms with Crippen molar-refractivity contribution in [2.75, 3.05) is 6.61 Å². The van der Waals surface area contributed by atoms with E-state index in [0.29, 0.717) is 6.61 Å². The van der Waals surface area contributed by atoms with Gasteiger partial charge in [0.05, 0.1) is 0 Å². The van der Waals surface area contributed by atoms with Crippen LogP contribution >= 0.6 is 15.9 Å². The Morgan fingerprint density at radius 3 is 2.69 bits per heavy atom. The SMILES string of the molecule is OCC1(Cc2cccc(Br)c2)CC2CC2C1. The monoisotopic (exact) mass is 280 g/mol. The standard InChI is InChI=1S/C14H17BrO/c15-13-3-1-2-10(4-13)6-14(9-16)7-11-5-12(11)8-14/h1-4,11-12,16H,5-9H2. The summed E-state index contributed by atoms with van der Waals surface area (Å²) in [4.78, 5) is 0. The number of hydrogen-bond acceptors (Lipinski definition) is 1. The van der Waals surface area contributed by atoms with Gasteiger partial charge in [-0.3, -0.25) is 0 Å². The third-order valence-corrected chi connectivity index (χ3v) is 4.76. The summed E-state index contributed by atoms with van der Waals surface area (Å²) in [6, 6.07) is 8.49. The minimum atomic E-state index is 0.189. The lowest BCUT2D eigenvalue weighted by Crippen LogP contribution is -2.26. The van der Waals surface area contributed by atoms with E-state index in [1.54, 1.807) is 0 Å². The van der Waals surface area contributed by atoms with Crippen LogP contribution in [0.5, 0.6) is 0 Å². The molecule has 2 fully saturated rings. The summed E-state index contributed by atoms with van der Waals surface area (Å²) in [7, 11) is 0. The van der Waals surface area contributed by atoms with Gasteiger partial charge in [-0.25, -0.2) is 0 Å². The zero-order chi connectivity index (χ0) is 11.2. The summed E-state index contributed by atoms with van der Waals surface area (Å²) in [5, 5.41) is 9.67. The van der Waals surface area contributed by atoms with Gasteiger partial charge in [-0.1, -0.05) is 28.1 Å². The zero-order valence-corrected chi connectivity index (χ0v) is 10.9. The summed E-state index contributed by atoms with van der Waals surface area (Å²) >= 11 is 3.51. The fraction of sp³-hybridized carbons (Fsp3) is 0.571. The molecule has 0 radical (unpaired) electrons. The first-order valence-electron chi connectivity index (χ1n) is 6.06. The first-order chi connectivity index (χ1) is 7.71. The Balaban J connectivity index is 1.77. The van der Waals surface area contributed by atoms with Crippen molar-refractivity contribution in [1.82, 2.24) is 0 Å². The second-order valence-corrected chi connectivity index (χ2v) is 6.54. The molecule has 2 atom stereocenters. The first kappa shape index (κ1) is 10.8. The van der Waals surface area contributed by atoms with Crippen molar-refractivity contribution in [3.05, 3.63) is 34.3 Å². The molecule has 0 heterocycles. The van der Waals surface area contributed by atoms with Crippen LogP contribution in [0.3, 0.4) is 0 Å². The second-order valence-electron chi connectivity index (χ2n) is 5.63. The normalized spacial score (nSPS) is 36.1. The summed E-state index contributed by atoms with van der Waals surface area (Å²) < 4.78 is 1.14. The quantitative estimate of drug-likeness (QED) is 0.900. The molecule has 1 aromatic rings. The molecule has 2 aliphatic rings. The third kappa shape index (κ3) is 1.93. The predicted octanol–water partition coefficient (Wildman–Crippen LogP) is 3.40. The smallest absolute Gasteiger partial charge is 0.0490 e. The van der Waals surface area contributed by atoms with E-state index >= 15 is 0 Å². The van der Waals surface area contributed by atoms with Crippen LogP contribution in [0.2, 0.25) is 0 Å². The van der Waals surface area contributed by atoms with Gasteiger partial charge < -0.3 is 5.11 Å². The largest absolute Gasteiger partial charge is 0.396 e. The molecule has 0 saturated heterocycles. The van der Waals surface area contributed by atoms with Crippen LogP contribution in [0.4, 0.5) is 0 Å². The van der Waals surface area contributed by atoms with Crippen LogP contribution in [0.25, 0.3) is 0 Å². The van der Waals surface area contributed by atoms with E-state index in [0.717, 1.165) is 22.7 Å². The maximum atomic E-state index is 9.67. The van der Waals surface area contributed by atoms with Gasteiger partial charge in [0.25, 0.3) is 0 Å². The van der Waals surface area contributed by atoms with E-state index in [4.69, 9.17) is 0 Å². The molecule has 1 N–H and O–H groups in total. The van der Waals surface area contributed by atoms with Crippen molar-refractivity contribution in [3.8, 4) is 0 Å². The van der Waals surface area contributed by atoms with Crippen LogP contribution in [0, 0.1) is 17.3 Å². The Labute approximate surface area is 105 Å². The number of halogens is 1. The van der Waals surface area contributed by atoms with E-state index in [2.05, 4.69) is 40.2 Å². The average Bonchev–Trinajstić information content (AvgIpc) is 2.87. The van der Waals surface area contributed by atoms with E-state index in [-0.39, 0.29) is 5.41 Å². The van der Waals surface area contributed by atoms with E-state index in [1.807, 2.05) is 0 Å². The van der Waals surface area contributed by atoms with Crippen LogP contribution in [-0.2, 0) is 6.42 Å². The lowest BCUT2D eigenvalue weighted by Gasteiger charge is -2.28. The number of aliphatic hydroxyl groups is 1. The number of fused-ring (bicyclic) bond motifs is 1. The molecule has 0 spiro atoms. The Kier molecular flexibility index (Phi) is 2.60. The molecular formula is C14H17BrO. The molecule has 16 heavy (non-hydrogen) atoms. The van der Waals surface area contributed by atoms with Gasteiger partial charge in [0.15, 0.2) is 0 Å². The Hall–Kier alpha value is -0.340. The lowest BCUT2D eigenvalue weighted by molar-refractivity contribution is 0.117. The molecule has 0 aliphatic heterocycles. The molecule has 3 rings (SSSR count). The Bertz CT molecular complexity index is 391. The molecule has 0 amide bonds. The van der Waals surface area contributed by atoms with E-state index < -0.39 is 0 Å². The summed E-state index contributed by atoms with van der Waals surface area (Å²) in [5.74, 6) is 1.86. The van der Waals surface area contributed by atoms with Crippen LogP contribution < -0.4 is 0 Å². The fourth-order valence-corrected chi connectivity index (χ4v) is 3.86. The minimum Gasteiger partial charge on any atom is -0.396 e. The summed E-state index contributed by atoms with van der Waals surface area (Å²) in [6.07, 6.45) is 4.93. The number of hydrogen-bond donors (Lipinski definition) is 1. The highest BCUT2D eigenvalue weighted by atomic mass is 79.9. The highest BCUT2D eigenvalue weighted by Gasteiger charge is 2.53.